The molecule has 164 valence electrons. The Morgan fingerprint density at radius 3 is 1.93 bits per heavy atom. The Kier molecular flexibility index (Phi) is 6.40. The minimum Gasteiger partial charge on any atom is -0.507 e. The highest BCUT2D eigenvalue weighted by molar-refractivity contribution is 5.71. The quantitative estimate of drug-likeness (QED) is 0.704. The second-order valence-electron chi connectivity index (χ2n) is 9.73. The molecule has 0 amide bonds. The van der Waals surface area contributed by atoms with Gasteiger partial charge in [0.1, 0.15) is 11.5 Å². The fourth-order valence-corrected chi connectivity index (χ4v) is 3.48. The Morgan fingerprint density at radius 1 is 1.00 bits per heavy atom. The molecule has 6 nitrogen and oxygen atoms in total. The highest BCUT2D eigenvalue weighted by Gasteiger charge is 2.32. The Hall–Kier alpha value is -2.76. The molecule has 0 aliphatic heterocycles. The van der Waals surface area contributed by atoms with Crippen molar-refractivity contribution in [2.45, 2.75) is 71.6 Å². The Balaban J connectivity index is 2.88. The first kappa shape index (κ1) is 23.5. The number of benzene rings is 1. The van der Waals surface area contributed by atoms with E-state index in [-0.39, 0.29) is 28.8 Å². The zero-order valence-electron chi connectivity index (χ0n) is 19.0. The summed E-state index contributed by atoms with van der Waals surface area (Å²) in [7, 11) is 1.28. The summed E-state index contributed by atoms with van der Waals surface area (Å²) < 4.78 is 10.6. The number of aromatic hydroxyl groups is 2. The first-order valence-electron chi connectivity index (χ1n) is 9.95. The third-order valence-corrected chi connectivity index (χ3v) is 5.14. The lowest BCUT2D eigenvalue weighted by Crippen LogP contribution is -2.20. The number of ether oxygens (including phenoxy) is 1. The van der Waals surface area contributed by atoms with Crippen molar-refractivity contribution in [3.05, 3.63) is 56.6 Å². The van der Waals surface area contributed by atoms with Gasteiger partial charge in [-0.25, -0.2) is 0 Å². The van der Waals surface area contributed by atoms with Gasteiger partial charge in [-0.2, -0.15) is 0 Å². The summed E-state index contributed by atoms with van der Waals surface area (Å²) in [4.78, 5) is 24.4. The number of esters is 1. The van der Waals surface area contributed by atoms with E-state index in [2.05, 4.69) is 0 Å². The number of rotatable bonds is 4. The number of methoxy groups -OCH3 is 1. The van der Waals surface area contributed by atoms with Gasteiger partial charge < -0.3 is 19.4 Å². The number of aryl methyl sites for hydroxylation is 1. The summed E-state index contributed by atoms with van der Waals surface area (Å²) in [6, 6.07) is 4.81. The smallest absolute Gasteiger partial charge is 0.306 e. The molecule has 2 rings (SSSR count). The van der Waals surface area contributed by atoms with Crippen LogP contribution in [0.15, 0.2) is 27.4 Å². The van der Waals surface area contributed by atoms with Gasteiger partial charge in [0.2, 0.25) is 11.2 Å². The summed E-state index contributed by atoms with van der Waals surface area (Å²) in [5, 5.41) is 21.4. The van der Waals surface area contributed by atoms with Crippen molar-refractivity contribution in [1.82, 2.24) is 0 Å². The van der Waals surface area contributed by atoms with E-state index in [0.717, 1.165) is 0 Å². The van der Waals surface area contributed by atoms with Crippen molar-refractivity contribution >= 4 is 5.97 Å². The van der Waals surface area contributed by atoms with Crippen molar-refractivity contribution in [3.63, 3.8) is 0 Å². The molecule has 0 unspecified atom stereocenters. The zero-order valence-corrected chi connectivity index (χ0v) is 19.0. The number of hydrogen-bond donors (Lipinski definition) is 2. The van der Waals surface area contributed by atoms with E-state index < -0.39 is 23.1 Å². The number of phenolic OH excluding ortho intramolecular Hbond substituents is 1. The van der Waals surface area contributed by atoms with Crippen molar-refractivity contribution in [2.75, 3.05) is 7.11 Å². The highest BCUT2D eigenvalue weighted by atomic mass is 16.5. The van der Waals surface area contributed by atoms with Crippen LogP contribution in [-0.2, 0) is 20.4 Å². The van der Waals surface area contributed by atoms with Crippen molar-refractivity contribution < 1.29 is 24.2 Å². The Bertz CT molecular complexity index is 967. The molecular formula is C24H32O6. The normalized spacial score (nSPS) is 13.2. The molecule has 30 heavy (non-hydrogen) atoms. The van der Waals surface area contributed by atoms with Crippen LogP contribution < -0.4 is 5.43 Å². The van der Waals surface area contributed by atoms with Gasteiger partial charge >= 0.3 is 5.97 Å². The lowest BCUT2D eigenvalue weighted by molar-refractivity contribution is -0.140. The number of hydrogen-bond acceptors (Lipinski definition) is 6. The van der Waals surface area contributed by atoms with Crippen molar-refractivity contribution in [1.29, 1.82) is 0 Å². The van der Waals surface area contributed by atoms with Crippen LogP contribution in [0, 0.1) is 6.92 Å². The molecule has 1 atom stereocenters. The monoisotopic (exact) mass is 416 g/mol. The summed E-state index contributed by atoms with van der Waals surface area (Å²) in [6.45, 7) is 13.5. The number of carbonyl (C=O) groups excluding carboxylic acids is 1. The SMILES string of the molecule is COC(=O)C[C@@H](c1cc(C(C)(C)C)c(O)c(C(C)(C)C)c1)c1oc(C)cc(=O)c1O. The van der Waals surface area contributed by atoms with Gasteiger partial charge in [-0.1, -0.05) is 53.7 Å². The van der Waals surface area contributed by atoms with Crippen LogP contribution in [0.1, 0.15) is 82.1 Å². The molecule has 0 aliphatic rings. The standard InChI is InChI=1S/C24H32O6/c1-13-9-18(25)21(28)22(30-13)15(12-19(26)29-8)14-10-16(23(2,3)4)20(27)17(11-14)24(5,6)7/h9-11,15,27-28H,12H2,1-8H3/t15-/m0/s1. The Labute approximate surface area is 177 Å². The van der Waals surface area contributed by atoms with Crippen LogP contribution in [-0.4, -0.2) is 23.3 Å². The maximum absolute atomic E-state index is 12.2. The summed E-state index contributed by atoms with van der Waals surface area (Å²) >= 11 is 0. The van der Waals surface area contributed by atoms with Gasteiger partial charge in [0.05, 0.1) is 19.4 Å². The van der Waals surface area contributed by atoms with Crippen LogP contribution >= 0.6 is 0 Å². The van der Waals surface area contributed by atoms with E-state index >= 15 is 0 Å². The van der Waals surface area contributed by atoms with Gasteiger partial charge in [-0.05, 0) is 34.4 Å². The van der Waals surface area contributed by atoms with Crippen LogP contribution in [0.5, 0.6) is 11.5 Å². The van der Waals surface area contributed by atoms with Gasteiger partial charge in [-0.3, -0.25) is 9.59 Å². The molecule has 1 heterocycles. The van der Waals surface area contributed by atoms with Crippen LogP contribution in [0.25, 0.3) is 0 Å². The van der Waals surface area contributed by atoms with Crippen molar-refractivity contribution in [3.8, 4) is 11.5 Å². The molecule has 0 bridgehead atoms. The molecule has 1 aromatic heterocycles. The van der Waals surface area contributed by atoms with Crippen LogP contribution in [0.4, 0.5) is 0 Å². The van der Waals surface area contributed by atoms with Gasteiger partial charge in [0, 0.05) is 6.07 Å². The van der Waals surface area contributed by atoms with E-state index in [1.807, 2.05) is 41.5 Å². The van der Waals surface area contributed by atoms with E-state index in [1.165, 1.54) is 13.2 Å². The molecule has 0 spiro atoms. The third-order valence-electron chi connectivity index (χ3n) is 5.14. The first-order valence-corrected chi connectivity index (χ1v) is 9.95. The first-order chi connectivity index (χ1) is 13.7. The van der Waals surface area contributed by atoms with Crippen LogP contribution in [0.3, 0.4) is 0 Å². The molecule has 2 aromatic rings. The van der Waals surface area contributed by atoms with Gasteiger partial charge in [-0.15, -0.1) is 0 Å². The lowest BCUT2D eigenvalue weighted by atomic mass is 9.76. The second-order valence-corrected chi connectivity index (χ2v) is 9.73. The fraction of sp³-hybridized carbons (Fsp3) is 0.500. The largest absolute Gasteiger partial charge is 0.507 e. The molecule has 1 aromatic carbocycles. The van der Waals surface area contributed by atoms with Gasteiger partial charge in [0.15, 0.2) is 5.76 Å². The molecule has 6 heteroatoms. The average molecular weight is 417 g/mol. The highest BCUT2D eigenvalue weighted by Crippen LogP contribution is 2.43. The maximum atomic E-state index is 12.2. The number of carbonyl (C=O) groups is 1. The van der Waals surface area contributed by atoms with Crippen molar-refractivity contribution in [2.24, 2.45) is 0 Å². The summed E-state index contributed by atoms with van der Waals surface area (Å²) in [5.74, 6) is -1.26. The van der Waals surface area contributed by atoms with E-state index in [4.69, 9.17) is 9.15 Å². The number of phenols is 1. The summed E-state index contributed by atoms with van der Waals surface area (Å²) in [5.41, 5.74) is 0.715. The van der Waals surface area contributed by atoms with Gasteiger partial charge in [0.25, 0.3) is 0 Å². The maximum Gasteiger partial charge on any atom is 0.306 e. The predicted octanol–water partition coefficient (Wildman–Crippen LogP) is 4.65. The lowest BCUT2D eigenvalue weighted by Gasteiger charge is -2.29. The molecule has 0 saturated heterocycles. The second kappa shape index (κ2) is 8.17. The average Bonchev–Trinajstić information content (AvgIpc) is 2.61. The molecular weight excluding hydrogens is 384 g/mol. The Morgan fingerprint density at radius 2 is 1.50 bits per heavy atom. The minimum atomic E-state index is -0.757. The molecule has 0 aliphatic carbocycles. The molecule has 2 N–H and O–H groups in total. The third kappa shape index (κ3) is 4.86. The minimum absolute atomic E-state index is 0.0100. The zero-order chi connectivity index (χ0) is 23.0. The van der Waals surface area contributed by atoms with Crippen LogP contribution in [0.2, 0.25) is 0 Å². The molecule has 0 saturated carbocycles. The van der Waals surface area contributed by atoms with E-state index in [0.29, 0.717) is 22.5 Å². The van der Waals surface area contributed by atoms with E-state index in [1.54, 1.807) is 19.1 Å². The molecule has 0 fully saturated rings. The topological polar surface area (TPSA) is 97.0 Å². The molecule has 0 radical (unpaired) electrons. The predicted molar refractivity (Wildman–Crippen MR) is 115 cm³/mol. The van der Waals surface area contributed by atoms with E-state index in [9.17, 15) is 19.8 Å². The fourth-order valence-electron chi connectivity index (χ4n) is 3.48. The summed E-state index contributed by atoms with van der Waals surface area (Å²) in [6.07, 6.45) is -0.131.